The first kappa shape index (κ1) is 14.8. The van der Waals surface area contributed by atoms with Crippen molar-refractivity contribution in [1.29, 1.82) is 0 Å². The molecule has 0 aliphatic carbocycles. The molecule has 6 nitrogen and oxygen atoms in total. The Morgan fingerprint density at radius 2 is 2.28 bits per heavy atom. The number of methoxy groups -OCH3 is 1. The molecule has 0 bridgehead atoms. The fourth-order valence-electron chi connectivity index (χ4n) is 1.85. The van der Waals surface area contributed by atoms with E-state index in [1.165, 1.54) is 7.11 Å². The van der Waals surface area contributed by atoms with Crippen LogP contribution in [0.5, 0.6) is 0 Å². The SMILES string of the molecule is CN=C(NCCC(=O)OC)NCC1(C)CCCO1. The van der Waals surface area contributed by atoms with Crippen molar-refractivity contribution in [2.75, 3.05) is 33.9 Å². The summed E-state index contributed by atoms with van der Waals surface area (Å²) in [6.07, 6.45) is 2.48. The van der Waals surface area contributed by atoms with E-state index in [9.17, 15) is 4.79 Å². The summed E-state index contributed by atoms with van der Waals surface area (Å²) in [5.41, 5.74) is -0.111. The Morgan fingerprint density at radius 3 is 2.83 bits per heavy atom. The maximum absolute atomic E-state index is 11.0. The first-order valence-corrected chi connectivity index (χ1v) is 6.25. The van der Waals surface area contributed by atoms with Gasteiger partial charge < -0.3 is 20.1 Å². The molecule has 0 saturated carbocycles. The minimum atomic E-state index is -0.232. The number of ether oxygens (including phenoxy) is 2. The summed E-state index contributed by atoms with van der Waals surface area (Å²) < 4.78 is 10.2. The van der Waals surface area contributed by atoms with Gasteiger partial charge in [0.1, 0.15) is 0 Å². The molecule has 1 aliphatic rings. The molecule has 104 valence electrons. The predicted octanol–water partition coefficient (Wildman–Crippen LogP) is 0.284. The van der Waals surface area contributed by atoms with Crippen LogP contribution in [0.25, 0.3) is 0 Å². The van der Waals surface area contributed by atoms with Crippen LogP contribution in [0.15, 0.2) is 4.99 Å². The van der Waals surface area contributed by atoms with Crippen molar-refractivity contribution >= 4 is 11.9 Å². The fraction of sp³-hybridized carbons (Fsp3) is 0.833. The van der Waals surface area contributed by atoms with Gasteiger partial charge in [-0.25, -0.2) is 0 Å². The van der Waals surface area contributed by atoms with Gasteiger partial charge in [0.15, 0.2) is 5.96 Å². The minimum Gasteiger partial charge on any atom is -0.469 e. The third-order valence-corrected chi connectivity index (χ3v) is 3.00. The molecular formula is C12H23N3O3. The Bertz CT molecular complexity index is 299. The molecule has 18 heavy (non-hydrogen) atoms. The molecule has 0 aromatic carbocycles. The quantitative estimate of drug-likeness (QED) is 0.420. The standard InChI is InChI=1S/C12H23N3O3/c1-12(6-4-8-18-12)9-15-11(13-2)14-7-5-10(16)17-3/h4-9H2,1-3H3,(H2,13,14,15). The largest absolute Gasteiger partial charge is 0.469 e. The van der Waals surface area contributed by atoms with E-state index >= 15 is 0 Å². The molecule has 1 heterocycles. The zero-order chi connectivity index (χ0) is 13.4. The van der Waals surface area contributed by atoms with Gasteiger partial charge in [0, 0.05) is 26.7 Å². The van der Waals surface area contributed by atoms with Crippen LogP contribution < -0.4 is 10.6 Å². The number of carbonyl (C=O) groups excluding carboxylic acids is 1. The average molecular weight is 257 g/mol. The minimum absolute atomic E-state index is 0.111. The van der Waals surface area contributed by atoms with Gasteiger partial charge in [-0.1, -0.05) is 0 Å². The lowest BCUT2D eigenvalue weighted by atomic mass is 10.0. The molecule has 1 unspecified atom stereocenters. The van der Waals surface area contributed by atoms with Crippen molar-refractivity contribution in [1.82, 2.24) is 10.6 Å². The van der Waals surface area contributed by atoms with Gasteiger partial charge in [0.05, 0.1) is 19.1 Å². The van der Waals surface area contributed by atoms with Crippen LogP contribution in [0, 0.1) is 0 Å². The number of hydrogen-bond donors (Lipinski definition) is 2. The molecule has 2 N–H and O–H groups in total. The van der Waals surface area contributed by atoms with E-state index < -0.39 is 0 Å². The van der Waals surface area contributed by atoms with Crippen LogP contribution in [0.2, 0.25) is 0 Å². The summed E-state index contributed by atoms with van der Waals surface area (Å²) in [4.78, 5) is 15.0. The molecule has 6 heteroatoms. The number of carbonyl (C=O) groups is 1. The van der Waals surface area contributed by atoms with E-state index in [-0.39, 0.29) is 11.6 Å². The Morgan fingerprint density at radius 1 is 1.50 bits per heavy atom. The average Bonchev–Trinajstić information content (AvgIpc) is 2.80. The molecule has 0 radical (unpaired) electrons. The van der Waals surface area contributed by atoms with E-state index in [0.29, 0.717) is 25.5 Å². The van der Waals surface area contributed by atoms with Gasteiger partial charge >= 0.3 is 5.97 Å². The highest BCUT2D eigenvalue weighted by Gasteiger charge is 2.29. The summed E-state index contributed by atoms with van der Waals surface area (Å²) >= 11 is 0. The summed E-state index contributed by atoms with van der Waals surface area (Å²) in [6.45, 7) is 4.14. The highest BCUT2D eigenvalue weighted by Crippen LogP contribution is 2.23. The molecular weight excluding hydrogens is 234 g/mol. The van der Waals surface area contributed by atoms with E-state index in [1.54, 1.807) is 7.05 Å². The van der Waals surface area contributed by atoms with E-state index in [0.717, 1.165) is 19.4 Å². The monoisotopic (exact) mass is 257 g/mol. The van der Waals surface area contributed by atoms with Crippen LogP contribution in [0.3, 0.4) is 0 Å². The zero-order valence-corrected chi connectivity index (χ0v) is 11.4. The summed E-state index contributed by atoms with van der Waals surface area (Å²) in [5, 5.41) is 6.26. The van der Waals surface area contributed by atoms with Crippen molar-refractivity contribution in [2.45, 2.75) is 31.8 Å². The number of esters is 1. The number of guanidine groups is 1. The topological polar surface area (TPSA) is 72.0 Å². The third-order valence-electron chi connectivity index (χ3n) is 3.00. The van der Waals surface area contributed by atoms with Crippen LogP contribution in [0.4, 0.5) is 0 Å². The molecule has 1 aliphatic heterocycles. The smallest absolute Gasteiger partial charge is 0.307 e. The molecule has 1 saturated heterocycles. The van der Waals surface area contributed by atoms with E-state index in [4.69, 9.17) is 4.74 Å². The van der Waals surface area contributed by atoms with Gasteiger partial charge in [0.25, 0.3) is 0 Å². The molecule has 0 spiro atoms. The zero-order valence-electron chi connectivity index (χ0n) is 11.4. The summed E-state index contributed by atoms with van der Waals surface area (Å²) in [6, 6.07) is 0. The van der Waals surface area contributed by atoms with Crippen LogP contribution >= 0.6 is 0 Å². The van der Waals surface area contributed by atoms with Crippen molar-refractivity contribution in [3.05, 3.63) is 0 Å². The summed E-state index contributed by atoms with van der Waals surface area (Å²) in [5.74, 6) is 0.444. The highest BCUT2D eigenvalue weighted by molar-refractivity contribution is 5.80. The van der Waals surface area contributed by atoms with E-state index in [2.05, 4.69) is 27.3 Å². The number of hydrogen-bond acceptors (Lipinski definition) is 4. The highest BCUT2D eigenvalue weighted by atomic mass is 16.5. The second-order valence-electron chi connectivity index (χ2n) is 4.58. The van der Waals surface area contributed by atoms with Crippen LogP contribution in [-0.4, -0.2) is 51.4 Å². The Hall–Kier alpha value is -1.30. The Kier molecular flexibility index (Phi) is 5.91. The maximum atomic E-state index is 11.0. The molecule has 0 aromatic rings. The normalized spacial score (nSPS) is 23.8. The van der Waals surface area contributed by atoms with Crippen molar-refractivity contribution in [3.63, 3.8) is 0 Å². The number of aliphatic imine (C=N–C) groups is 1. The lowest BCUT2D eigenvalue weighted by molar-refractivity contribution is -0.140. The van der Waals surface area contributed by atoms with Gasteiger partial charge in [-0.2, -0.15) is 0 Å². The first-order valence-electron chi connectivity index (χ1n) is 6.25. The number of nitrogens with one attached hydrogen (secondary N) is 2. The molecule has 1 atom stereocenters. The van der Waals surface area contributed by atoms with E-state index in [1.807, 2.05) is 0 Å². The lowest BCUT2D eigenvalue weighted by Crippen LogP contribution is -2.45. The Labute approximate surface area is 108 Å². The van der Waals surface area contributed by atoms with Crippen LogP contribution in [-0.2, 0) is 14.3 Å². The Balaban J connectivity index is 2.23. The van der Waals surface area contributed by atoms with Gasteiger partial charge in [-0.05, 0) is 19.8 Å². The van der Waals surface area contributed by atoms with Crippen LogP contribution in [0.1, 0.15) is 26.2 Å². The second kappa shape index (κ2) is 7.20. The first-order chi connectivity index (χ1) is 8.59. The van der Waals surface area contributed by atoms with Gasteiger partial charge in [0.2, 0.25) is 0 Å². The van der Waals surface area contributed by atoms with Crippen molar-refractivity contribution in [3.8, 4) is 0 Å². The summed E-state index contributed by atoms with van der Waals surface area (Å²) in [7, 11) is 3.08. The molecule has 0 amide bonds. The number of nitrogens with zero attached hydrogens (tertiary/aromatic N) is 1. The lowest BCUT2D eigenvalue weighted by Gasteiger charge is -2.24. The maximum Gasteiger partial charge on any atom is 0.307 e. The molecule has 0 aromatic heterocycles. The van der Waals surface area contributed by atoms with Crippen molar-refractivity contribution < 1.29 is 14.3 Å². The van der Waals surface area contributed by atoms with Crippen molar-refractivity contribution in [2.24, 2.45) is 4.99 Å². The van der Waals surface area contributed by atoms with Gasteiger partial charge in [-0.15, -0.1) is 0 Å². The third kappa shape index (κ3) is 4.91. The predicted molar refractivity (Wildman–Crippen MR) is 69.6 cm³/mol. The van der Waals surface area contributed by atoms with Gasteiger partial charge in [-0.3, -0.25) is 9.79 Å². The molecule has 1 rings (SSSR count). The number of rotatable bonds is 5. The fourth-order valence-corrected chi connectivity index (χ4v) is 1.85. The molecule has 1 fully saturated rings. The second-order valence-corrected chi connectivity index (χ2v) is 4.58.